The third kappa shape index (κ3) is 3.03. The maximum Gasteiger partial charge on any atom is 0.199 e. The van der Waals surface area contributed by atoms with Crippen molar-refractivity contribution >= 4 is 5.69 Å². The predicted octanol–water partition coefficient (Wildman–Crippen LogP) is 3.63. The number of hydrogen-bond donors (Lipinski definition) is 1. The lowest BCUT2D eigenvalue weighted by molar-refractivity contribution is 0.477. The lowest BCUT2D eigenvalue weighted by Crippen LogP contribution is -2.28. The standard InChI is InChI=1S/C25H25N7.H2/c1-29-28-25-24-14-20(19-5-3-18(15-26)4-6-19)16-31(24)17-21-13-22(7-8-23(21)32(25)29)30-11-2-9-27-10-12-30;/h3-8,13-14,16,27H,2,9-12,17H2,1H3;1H. The van der Waals surface area contributed by atoms with Gasteiger partial charge in [-0.15, -0.1) is 5.10 Å². The van der Waals surface area contributed by atoms with Crippen molar-refractivity contribution in [2.75, 3.05) is 31.1 Å². The first-order valence-corrected chi connectivity index (χ1v) is 11.1. The zero-order chi connectivity index (χ0) is 21.7. The number of rotatable bonds is 2. The van der Waals surface area contributed by atoms with E-state index in [1.807, 2.05) is 36.1 Å². The first kappa shape index (κ1) is 19.0. The maximum absolute atomic E-state index is 9.10. The zero-order valence-electron chi connectivity index (χ0n) is 18.1. The molecule has 0 atom stereocenters. The van der Waals surface area contributed by atoms with Crippen molar-refractivity contribution in [2.45, 2.75) is 13.0 Å². The van der Waals surface area contributed by atoms with Gasteiger partial charge in [-0.2, -0.15) is 5.26 Å². The van der Waals surface area contributed by atoms with Crippen molar-refractivity contribution in [2.24, 2.45) is 7.05 Å². The van der Waals surface area contributed by atoms with Gasteiger partial charge in [0.25, 0.3) is 0 Å². The third-order valence-electron chi connectivity index (χ3n) is 6.54. The maximum atomic E-state index is 9.10. The molecule has 6 rings (SSSR count). The number of aryl methyl sites for hydroxylation is 1. The lowest BCUT2D eigenvalue weighted by Gasteiger charge is -2.25. The molecule has 0 amide bonds. The lowest BCUT2D eigenvalue weighted by atomic mass is 10.1. The summed E-state index contributed by atoms with van der Waals surface area (Å²) in [6, 6.07) is 19.0. The minimum Gasteiger partial charge on any atom is -0.370 e. The van der Waals surface area contributed by atoms with E-state index in [1.165, 1.54) is 23.4 Å². The van der Waals surface area contributed by atoms with E-state index in [0.717, 1.165) is 55.4 Å². The topological polar surface area (TPSA) is 66.7 Å². The van der Waals surface area contributed by atoms with Crippen LogP contribution in [0, 0.1) is 11.3 Å². The Balaban J connectivity index is 0.00000228. The normalized spacial score (nSPS) is 15.3. The number of nitrogens with one attached hydrogen (secondary N) is 1. The highest BCUT2D eigenvalue weighted by Gasteiger charge is 2.26. The Kier molecular flexibility index (Phi) is 4.40. The van der Waals surface area contributed by atoms with Gasteiger partial charge in [0.05, 0.1) is 23.0 Å². The minimum atomic E-state index is 0. The van der Waals surface area contributed by atoms with Crippen molar-refractivity contribution in [3.63, 3.8) is 0 Å². The summed E-state index contributed by atoms with van der Waals surface area (Å²) in [5.41, 5.74) is 7.81. The highest BCUT2D eigenvalue weighted by atomic mass is 15.6. The molecule has 162 valence electrons. The Hall–Kier alpha value is -3.76. The van der Waals surface area contributed by atoms with E-state index in [9.17, 15) is 0 Å². The summed E-state index contributed by atoms with van der Waals surface area (Å²) in [5, 5.41) is 17.3. The van der Waals surface area contributed by atoms with E-state index in [2.05, 4.69) is 56.0 Å². The molecule has 32 heavy (non-hydrogen) atoms. The van der Waals surface area contributed by atoms with Crippen molar-refractivity contribution in [1.29, 1.82) is 5.26 Å². The molecule has 4 heterocycles. The number of hydrogen-bond acceptors (Lipinski definition) is 4. The average molecular weight is 426 g/mol. The van der Waals surface area contributed by atoms with Gasteiger partial charge in [-0.05, 0) is 60.5 Å². The second-order valence-electron chi connectivity index (χ2n) is 8.56. The van der Waals surface area contributed by atoms with Gasteiger partial charge in [-0.1, -0.05) is 12.1 Å². The molecule has 0 unspecified atom stereocenters. The van der Waals surface area contributed by atoms with Gasteiger partial charge in [0, 0.05) is 52.1 Å². The van der Waals surface area contributed by atoms with Gasteiger partial charge in [0.2, 0.25) is 0 Å². The summed E-state index contributed by atoms with van der Waals surface area (Å²) in [7, 11) is 1.99. The summed E-state index contributed by atoms with van der Waals surface area (Å²) < 4.78 is 4.50. The first-order valence-electron chi connectivity index (χ1n) is 11.1. The number of aromatic nitrogens is 4. The first-order chi connectivity index (χ1) is 15.7. The van der Waals surface area contributed by atoms with Crippen LogP contribution in [-0.2, 0) is 13.6 Å². The molecule has 0 saturated carbocycles. The van der Waals surface area contributed by atoms with Crippen LogP contribution in [-0.4, -0.2) is 45.3 Å². The number of nitrogens with zero attached hydrogens (tertiary/aromatic N) is 6. The van der Waals surface area contributed by atoms with Crippen LogP contribution in [0.5, 0.6) is 0 Å². The molecule has 1 saturated heterocycles. The fourth-order valence-corrected chi connectivity index (χ4v) is 4.87. The summed E-state index contributed by atoms with van der Waals surface area (Å²) in [4.78, 5) is 4.40. The van der Waals surface area contributed by atoms with Crippen LogP contribution in [0.25, 0.3) is 28.3 Å². The molecule has 1 N–H and O–H groups in total. The SMILES string of the molecule is Cn1nc2n1-c1ccc(N3CCCNCC3)cc1Cn1cc(-c3ccc(C#N)cc3)cc1-2.[HH]. The van der Waals surface area contributed by atoms with E-state index in [1.54, 1.807) is 0 Å². The van der Waals surface area contributed by atoms with Gasteiger partial charge in [0.15, 0.2) is 5.82 Å². The summed E-state index contributed by atoms with van der Waals surface area (Å²) in [5.74, 6) is 0.970. The van der Waals surface area contributed by atoms with Crippen LogP contribution in [0.1, 0.15) is 19.0 Å². The van der Waals surface area contributed by atoms with Crippen molar-refractivity contribution < 1.29 is 1.43 Å². The molecule has 0 aliphatic carbocycles. The molecule has 0 radical (unpaired) electrons. The quantitative estimate of drug-likeness (QED) is 0.469. The zero-order valence-corrected chi connectivity index (χ0v) is 18.1. The van der Waals surface area contributed by atoms with Crippen LogP contribution in [0.2, 0.25) is 0 Å². The number of anilines is 1. The summed E-state index contributed by atoms with van der Waals surface area (Å²) >= 11 is 0. The van der Waals surface area contributed by atoms with Crippen LogP contribution >= 0.6 is 0 Å². The third-order valence-corrected chi connectivity index (χ3v) is 6.54. The molecule has 2 aromatic carbocycles. The minimum absolute atomic E-state index is 0. The largest absolute Gasteiger partial charge is 0.370 e. The molecule has 2 aromatic heterocycles. The molecule has 7 heteroatoms. The molecule has 0 bridgehead atoms. The molecule has 0 spiro atoms. The highest BCUT2D eigenvalue weighted by Crippen LogP contribution is 2.36. The van der Waals surface area contributed by atoms with Crippen LogP contribution in [0.15, 0.2) is 54.7 Å². The second kappa shape index (κ2) is 7.43. The van der Waals surface area contributed by atoms with Crippen LogP contribution in [0.3, 0.4) is 0 Å². The smallest absolute Gasteiger partial charge is 0.199 e. The van der Waals surface area contributed by atoms with Gasteiger partial charge in [-0.3, -0.25) is 0 Å². The van der Waals surface area contributed by atoms with E-state index >= 15 is 0 Å². The Bertz CT molecular complexity index is 1330. The van der Waals surface area contributed by atoms with Gasteiger partial charge in [-0.25, -0.2) is 9.48 Å². The molecule has 7 nitrogen and oxygen atoms in total. The van der Waals surface area contributed by atoms with E-state index in [0.29, 0.717) is 5.56 Å². The van der Waals surface area contributed by atoms with Gasteiger partial charge in [0.1, 0.15) is 0 Å². The second-order valence-corrected chi connectivity index (χ2v) is 8.56. The Morgan fingerprint density at radius 3 is 2.72 bits per heavy atom. The highest BCUT2D eigenvalue weighted by molar-refractivity contribution is 5.72. The molecular weight excluding hydrogens is 398 g/mol. The summed E-state index contributed by atoms with van der Waals surface area (Å²) in [6.07, 6.45) is 3.37. The average Bonchev–Trinajstić information content (AvgIpc) is 2.98. The van der Waals surface area contributed by atoms with E-state index in [4.69, 9.17) is 10.4 Å². The Morgan fingerprint density at radius 1 is 1.03 bits per heavy atom. The van der Waals surface area contributed by atoms with Crippen LogP contribution < -0.4 is 10.2 Å². The fourth-order valence-electron chi connectivity index (χ4n) is 4.87. The molecule has 2 aliphatic heterocycles. The van der Waals surface area contributed by atoms with Crippen molar-refractivity contribution in [1.82, 2.24) is 24.5 Å². The van der Waals surface area contributed by atoms with Gasteiger partial charge < -0.3 is 14.8 Å². The molecule has 1 fully saturated rings. The van der Waals surface area contributed by atoms with Gasteiger partial charge >= 0.3 is 0 Å². The van der Waals surface area contributed by atoms with Crippen molar-refractivity contribution in [3.05, 3.63) is 65.9 Å². The number of nitriles is 1. The van der Waals surface area contributed by atoms with E-state index in [-0.39, 0.29) is 1.43 Å². The molecule has 4 aromatic rings. The Morgan fingerprint density at radius 2 is 1.91 bits per heavy atom. The molecular formula is C25H27N7. The van der Waals surface area contributed by atoms with Crippen molar-refractivity contribution in [3.8, 4) is 34.4 Å². The Labute approximate surface area is 188 Å². The number of benzene rings is 2. The fraction of sp³-hybridized carbons (Fsp3) is 0.280. The van der Waals surface area contributed by atoms with Crippen LogP contribution in [0.4, 0.5) is 5.69 Å². The molecule has 2 aliphatic rings. The number of fused-ring (bicyclic) bond motifs is 5. The monoisotopic (exact) mass is 425 g/mol. The van der Waals surface area contributed by atoms with E-state index < -0.39 is 0 Å². The predicted molar refractivity (Wildman–Crippen MR) is 127 cm³/mol. The summed E-state index contributed by atoms with van der Waals surface area (Å²) in [6.45, 7) is 5.03.